The molecule has 0 aliphatic rings. The molecule has 0 saturated carbocycles. The Morgan fingerprint density at radius 1 is 0.482 bits per heavy atom. The number of carboxylic acid groups (broad SMARTS) is 1. The van der Waals surface area contributed by atoms with Crippen molar-refractivity contribution in [2.45, 2.75) is 126 Å². The summed E-state index contributed by atoms with van der Waals surface area (Å²) in [5.74, 6) is -11.0. The first kappa shape index (κ1) is 66.7. The van der Waals surface area contributed by atoms with Gasteiger partial charge in [0.25, 0.3) is 0 Å². The van der Waals surface area contributed by atoms with Crippen LogP contribution in [-0.2, 0) is 73.6 Å². The summed E-state index contributed by atoms with van der Waals surface area (Å²) >= 11 is 0. The molecule has 4 rings (SSSR count). The van der Waals surface area contributed by atoms with E-state index in [1.807, 2.05) is 0 Å². The standard InChI is InChI=1S/C55H74N12O16/c1-29(2)19-37(47(74)65-43(27-69)55(82)83)62-53(80)45(30(3)70)67-51(78)40(22-34-15-17-36(72)18-16-34)60-49(76)41(23-35-25-57-28-58-35)61-52(79)42(26-68)64-48(75)39(21-33-13-9-6-10-14-33)63-54(81)46(31(4)71)66-50(77)38(59-44(73)24-56)20-32-11-7-5-8-12-32/h5-18,25,28-31,37-43,45-46,68-72H,19-24,26-27,56H2,1-4H3,(H,57,58)(H,59,73)(H,60,76)(H,61,79)(H,62,80)(H,63,81)(H,64,75)(H,65,74)(H,66,77)(H,67,78)(H,82,83)/t30-,31-,37+,38+,39+,40+,41+,42+,43+,45+,46+/m1/s1. The number of aromatic nitrogens is 2. The monoisotopic (exact) mass is 1160 g/mol. The van der Waals surface area contributed by atoms with Gasteiger partial charge < -0.3 is 89.2 Å². The van der Waals surface area contributed by atoms with Gasteiger partial charge in [-0.3, -0.25) is 43.2 Å². The van der Waals surface area contributed by atoms with E-state index in [9.17, 15) is 78.6 Å². The molecule has 4 aromatic rings. The van der Waals surface area contributed by atoms with Crippen molar-refractivity contribution < 1.29 is 78.6 Å². The third-order valence-electron chi connectivity index (χ3n) is 12.7. The van der Waals surface area contributed by atoms with Crippen molar-refractivity contribution in [1.29, 1.82) is 0 Å². The molecule has 0 spiro atoms. The molecule has 1 heterocycles. The van der Waals surface area contributed by atoms with Crippen molar-refractivity contribution in [3.63, 3.8) is 0 Å². The lowest BCUT2D eigenvalue weighted by Gasteiger charge is -2.29. The first-order chi connectivity index (χ1) is 39.4. The summed E-state index contributed by atoms with van der Waals surface area (Å²) in [5, 5.41) is 82.9. The number of benzene rings is 3. The minimum absolute atomic E-state index is 0.0293. The summed E-state index contributed by atoms with van der Waals surface area (Å²) in [4.78, 5) is 143. The molecule has 0 aliphatic heterocycles. The maximum atomic E-state index is 14.5. The fourth-order valence-electron chi connectivity index (χ4n) is 8.29. The van der Waals surface area contributed by atoms with Crippen LogP contribution in [0.2, 0.25) is 0 Å². The van der Waals surface area contributed by atoms with Crippen molar-refractivity contribution in [2.75, 3.05) is 19.8 Å². The van der Waals surface area contributed by atoms with E-state index in [2.05, 4.69) is 57.8 Å². The van der Waals surface area contributed by atoms with Gasteiger partial charge in [-0.25, -0.2) is 9.78 Å². The lowest BCUT2D eigenvalue weighted by Crippen LogP contribution is -2.63. The number of aromatic hydroxyl groups is 1. The van der Waals surface area contributed by atoms with Crippen molar-refractivity contribution in [2.24, 2.45) is 11.7 Å². The first-order valence-corrected chi connectivity index (χ1v) is 26.5. The second-order valence-corrected chi connectivity index (χ2v) is 20.0. The Bertz CT molecular complexity index is 2790. The van der Waals surface area contributed by atoms with Gasteiger partial charge in [0, 0.05) is 37.6 Å². The molecule has 0 fully saturated rings. The zero-order valence-electron chi connectivity index (χ0n) is 46.1. The smallest absolute Gasteiger partial charge is 0.328 e. The molecule has 0 bridgehead atoms. The average Bonchev–Trinajstić information content (AvgIpc) is 4.10. The highest BCUT2D eigenvalue weighted by Gasteiger charge is 2.37. The van der Waals surface area contributed by atoms with Crippen LogP contribution in [0.4, 0.5) is 0 Å². The lowest BCUT2D eigenvalue weighted by atomic mass is 10.0. The Hall–Kier alpha value is -8.83. The molecular formula is C55H74N12O16. The van der Waals surface area contributed by atoms with E-state index in [1.165, 1.54) is 43.7 Å². The van der Waals surface area contributed by atoms with Gasteiger partial charge in [-0.1, -0.05) is 86.6 Å². The molecule has 1 aromatic heterocycles. The van der Waals surface area contributed by atoms with E-state index in [1.54, 1.807) is 74.5 Å². The second kappa shape index (κ2) is 33.2. The number of imidazole rings is 1. The first-order valence-electron chi connectivity index (χ1n) is 26.5. The molecule has 0 radical (unpaired) electrons. The van der Waals surface area contributed by atoms with Gasteiger partial charge in [-0.2, -0.15) is 0 Å². The van der Waals surface area contributed by atoms with Gasteiger partial charge in [-0.15, -0.1) is 0 Å². The number of carbonyl (C=O) groups is 10. The summed E-state index contributed by atoms with van der Waals surface area (Å²) in [6.07, 6.45) is -1.65. The fourth-order valence-corrected chi connectivity index (χ4v) is 8.29. The number of amides is 9. The number of hydrogen-bond donors (Lipinski definition) is 17. The zero-order valence-corrected chi connectivity index (χ0v) is 46.1. The summed E-state index contributed by atoms with van der Waals surface area (Å²) in [7, 11) is 0. The van der Waals surface area contributed by atoms with Gasteiger partial charge in [0.15, 0.2) is 0 Å². The minimum Gasteiger partial charge on any atom is -0.508 e. The number of aliphatic hydroxyl groups excluding tert-OH is 4. The molecule has 28 nitrogen and oxygen atoms in total. The van der Waals surface area contributed by atoms with Crippen LogP contribution in [0.3, 0.4) is 0 Å². The SMILES string of the molecule is CC(C)C[C@H](NC(=O)[C@@H](NC(=O)[C@H](Cc1ccc(O)cc1)NC(=O)[C@H](Cc1cnc[nH]1)NC(=O)[C@H](CO)NC(=O)[C@H](Cc1ccccc1)NC(=O)[C@@H](NC(=O)[C@H](Cc1ccccc1)NC(=O)CN)[C@@H](C)O)[C@@H](C)O)C(=O)N[C@@H](CO)C(=O)O. The quantitative estimate of drug-likeness (QED) is 0.0214. The van der Waals surface area contributed by atoms with Gasteiger partial charge in [0.05, 0.1) is 38.3 Å². The molecule has 11 atom stereocenters. The normalized spacial score (nSPS) is 15.1. The maximum Gasteiger partial charge on any atom is 0.328 e. The van der Waals surface area contributed by atoms with Gasteiger partial charge in [0.1, 0.15) is 60.1 Å². The fraction of sp³-hybridized carbons (Fsp3) is 0.436. The number of aromatic amines is 1. The summed E-state index contributed by atoms with van der Waals surface area (Å²) < 4.78 is 0. The third-order valence-corrected chi connectivity index (χ3v) is 12.7. The number of phenols is 1. The Morgan fingerprint density at radius 3 is 1.27 bits per heavy atom. The van der Waals surface area contributed by atoms with E-state index in [4.69, 9.17) is 5.73 Å². The van der Waals surface area contributed by atoms with Crippen LogP contribution >= 0.6 is 0 Å². The number of nitrogens with zero attached hydrogens (tertiary/aromatic N) is 1. The predicted molar refractivity (Wildman–Crippen MR) is 295 cm³/mol. The minimum atomic E-state index is -1.84. The summed E-state index contributed by atoms with van der Waals surface area (Å²) in [5.41, 5.74) is 7.26. The van der Waals surface area contributed by atoms with Crippen LogP contribution in [0.25, 0.3) is 0 Å². The highest BCUT2D eigenvalue weighted by molar-refractivity contribution is 5.99. The number of carboxylic acids is 1. The van der Waals surface area contributed by atoms with E-state index < -0.39 is 145 Å². The largest absolute Gasteiger partial charge is 0.508 e. The number of nitrogens with one attached hydrogen (secondary N) is 10. The Labute approximate surface area is 477 Å². The molecule has 0 aliphatic carbocycles. The average molecular weight is 1160 g/mol. The van der Waals surface area contributed by atoms with E-state index in [0.29, 0.717) is 16.7 Å². The molecule has 18 N–H and O–H groups in total. The molecule has 83 heavy (non-hydrogen) atoms. The highest BCUT2D eigenvalue weighted by Crippen LogP contribution is 2.14. The van der Waals surface area contributed by atoms with E-state index >= 15 is 0 Å². The van der Waals surface area contributed by atoms with Crippen LogP contribution in [0.1, 0.15) is 56.5 Å². The Balaban J connectivity index is 1.60. The molecule has 450 valence electrons. The number of nitrogens with two attached hydrogens (primary N) is 1. The van der Waals surface area contributed by atoms with Crippen molar-refractivity contribution >= 4 is 59.1 Å². The number of phenolic OH excluding ortho intramolecular Hbond substituents is 1. The van der Waals surface area contributed by atoms with Gasteiger partial charge in [0.2, 0.25) is 53.2 Å². The maximum absolute atomic E-state index is 14.5. The van der Waals surface area contributed by atoms with Crippen LogP contribution < -0.4 is 53.6 Å². The molecule has 0 saturated heterocycles. The molecule has 3 aromatic carbocycles. The molecule has 9 amide bonds. The number of H-pyrrole nitrogens is 1. The number of carbonyl (C=O) groups excluding carboxylic acids is 9. The van der Waals surface area contributed by atoms with Crippen molar-refractivity contribution in [3.05, 3.63) is 120 Å². The van der Waals surface area contributed by atoms with Gasteiger partial charge >= 0.3 is 5.97 Å². The second-order valence-electron chi connectivity index (χ2n) is 20.0. The van der Waals surface area contributed by atoms with E-state index in [0.717, 1.165) is 6.92 Å². The van der Waals surface area contributed by atoms with Crippen LogP contribution in [0, 0.1) is 5.92 Å². The van der Waals surface area contributed by atoms with Crippen LogP contribution in [0.5, 0.6) is 5.75 Å². The summed E-state index contributed by atoms with van der Waals surface area (Å²) in [6.45, 7) is 3.24. The van der Waals surface area contributed by atoms with Crippen LogP contribution in [0.15, 0.2) is 97.5 Å². The number of hydrogen-bond acceptors (Lipinski definition) is 17. The zero-order chi connectivity index (χ0) is 61.3. The summed E-state index contributed by atoms with van der Waals surface area (Å²) in [6, 6.07) is 7.67. The molecule has 0 unspecified atom stereocenters. The molecular weight excluding hydrogens is 1080 g/mol. The lowest BCUT2D eigenvalue weighted by molar-refractivity contribution is -0.143. The Morgan fingerprint density at radius 2 is 0.855 bits per heavy atom. The van der Waals surface area contributed by atoms with Gasteiger partial charge in [-0.05, 0) is 55.0 Å². The molecule has 28 heteroatoms. The van der Waals surface area contributed by atoms with Crippen molar-refractivity contribution in [3.8, 4) is 5.75 Å². The predicted octanol–water partition coefficient (Wildman–Crippen LogP) is -4.42. The number of aliphatic hydroxyl groups is 4. The number of rotatable bonds is 33. The topological polar surface area (TPSA) is 455 Å². The third kappa shape index (κ3) is 21.9. The van der Waals surface area contributed by atoms with E-state index in [-0.39, 0.29) is 49.5 Å². The van der Waals surface area contributed by atoms with Crippen LogP contribution in [-0.4, -0.2) is 186 Å². The van der Waals surface area contributed by atoms with Crippen molar-refractivity contribution in [1.82, 2.24) is 57.8 Å². The number of aliphatic carboxylic acids is 1. The highest BCUT2D eigenvalue weighted by atomic mass is 16.4. The Kier molecular flexibility index (Phi) is 26.7.